The summed E-state index contributed by atoms with van der Waals surface area (Å²) in [5.74, 6) is 0. The molecule has 0 spiro atoms. The highest BCUT2D eigenvalue weighted by Gasteiger charge is 2.28. The fourth-order valence-corrected chi connectivity index (χ4v) is 2.18. The molecule has 18 heavy (non-hydrogen) atoms. The molecule has 0 saturated carbocycles. The molecule has 0 saturated heterocycles. The highest BCUT2D eigenvalue weighted by atomic mass is 16.6. The molecule has 0 aliphatic carbocycles. The second kappa shape index (κ2) is 4.52. The van der Waals surface area contributed by atoms with Crippen LogP contribution in [0.3, 0.4) is 0 Å². The SMILES string of the molecule is CC(C)(C)OC(=O)N1CCCc2cccc(N)c21. The Morgan fingerprint density at radius 2 is 2.11 bits per heavy atom. The first-order valence-corrected chi connectivity index (χ1v) is 6.26. The first kappa shape index (κ1) is 12.7. The fourth-order valence-electron chi connectivity index (χ4n) is 2.18. The van der Waals surface area contributed by atoms with E-state index in [9.17, 15) is 4.79 Å². The smallest absolute Gasteiger partial charge is 0.414 e. The average Bonchev–Trinajstić information content (AvgIpc) is 2.26. The number of para-hydroxylation sites is 1. The number of nitrogen functional groups attached to an aromatic ring is 1. The van der Waals surface area contributed by atoms with Crippen molar-refractivity contribution >= 4 is 17.5 Å². The zero-order valence-electron chi connectivity index (χ0n) is 11.2. The second-order valence-corrected chi connectivity index (χ2v) is 5.59. The van der Waals surface area contributed by atoms with E-state index in [-0.39, 0.29) is 6.09 Å². The molecule has 1 aliphatic heterocycles. The van der Waals surface area contributed by atoms with Gasteiger partial charge in [-0.15, -0.1) is 0 Å². The Morgan fingerprint density at radius 1 is 1.39 bits per heavy atom. The van der Waals surface area contributed by atoms with E-state index in [1.165, 1.54) is 0 Å². The number of amides is 1. The Bertz CT molecular complexity index is 463. The van der Waals surface area contributed by atoms with Crippen LogP contribution in [-0.4, -0.2) is 18.2 Å². The van der Waals surface area contributed by atoms with Crippen molar-refractivity contribution in [3.05, 3.63) is 23.8 Å². The van der Waals surface area contributed by atoms with Crippen LogP contribution < -0.4 is 10.6 Å². The number of aryl methyl sites for hydroxylation is 1. The van der Waals surface area contributed by atoms with Crippen molar-refractivity contribution < 1.29 is 9.53 Å². The molecule has 2 N–H and O–H groups in total. The Hall–Kier alpha value is -1.71. The van der Waals surface area contributed by atoms with Gasteiger partial charge in [0.25, 0.3) is 0 Å². The first-order valence-electron chi connectivity index (χ1n) is 6.26. The van der Waals surface area contributed by atoms with Gasteiger partial charge in [0.1, 0.15) is 5.60 Å². The lowest BCUT2D eigenvalue weighted by Crippen LogP contribution is -2.40. The van der Waals surface area contributed by atoms with Crippen LogP contribution in [0.4, 0.5) is 16.2 Å². The molecule has 4 nitrogen and oxygen atoms in total. The number of carbonyl (C=O) groups is 1. The van der Waals surface area contributed by atoms with Crippen molar-refractivity contribution in [2.24, 2.45) is 0 Å². The number of fused-ring (bicyclic) bond motifs is 1. The number of benzene rings is 1. The molecule has 0 radical (unpaired) electrons. The quantitative estimate of drug-likeness (QED) is 0.718. The van der Waals surface area contributed by atoms with Gasteiger partial charge in [0.15, 0.2) is 0 Å². The molecule has 0 aromatic heterocycles. The Morgan fingerprint density at radius 3 is 2.78 bits per heavy atom. The van der Waals surface area contributed by atoms with Gasteiger partial charge >= 0.3 is 6.09 Å². The lowest BCUT2D eigenvalue weighted by atomic mass is 10.0. The van der Waals surface area contributed by atoms with Gasteiger partial charge in [0.2, 0.25) is 0 Å². The maximum Gasteiger partial charge on any atom is 0.414 e. The van der Waals surface area contributed by atoms with Crippen molar-refractivity contribution in [1.82, 2.24) is 0 Å². The van der Waals surface area contributed by atoms with Gasteiger partial charge < -0.3 is 10.5 Å². The van der Waals surface area contributed by atoms with Crippen LogP contribution in [0.1, 0.15) is 32.8 Å². The van der Waals surface area contributed by atoms with E-state index in [1.54, 1.807) is 4.90 Å². The van der Waals surface area contributed by atoms with Gasteiger partial charge in [-0.1, -0.05) is 12.1 Å². The third kappa shape index (κ3) is 2.58. The van der Waals surface area contributed by atoms with Crippen LogP contribution in [0.5, 0.6) is 0 Å². The van der Waals surface area contributed by atoms with Crippen LogP contribution in [-0.2, 0) is 11.2 Å². The monoisotopic (exact) mass is 248 g/mol. The summed E-state index contributed by atoms with van der Waals surface area (Å²) in [5.41, 5.74) is 8.07. The van der Waals surface area contributed by atoms with Crippen molar-refractivity contribution in [3.8, 4) is 0 Å². The lowest BCUT2D eigenvalue weighted by Gasteiger charge is -2.32. The van der Waals surface area contributed by atoms with Crippen LogP contribution in [0.2, 0.25) is 0 Å². The molecular formula is C14H20N2O2. The van der Waals surface area contributed by atoms with Crippen LogP contribution in [0.15, 0.2) is 18.2 Å². The third-order valence-corrected chi connectivity index (χ3v) is 2.86. The van der Waals surface area contributed by atoms with Gasteiger partial charge in [0.05, 0.1) is 11.4 Å². The molecule has 0 atom stereocenters. The molecule has 0 unspecified atom stereocenters. The van der Waals surface area contributed by atoms with Gasteiger partial charge in [-0.3, -0.25) is 4.90 Å². The van der Waals surface area contributed by atoms with Gasteiger partial charge in [-0.2, -0.15) is 0 Å². The minimum Gasteiger partial charge on any atom is -0.443 e. The standard InChI is InChI=1S/C14H20N2O2/c1-14(2,3)18-13(17)16-9-5-7-10-6-4-8-11(15)12(10)16/h4,6,8H,5,7,9,15H2,1-3H3. The summed E-state index contributed by atoms with van der Waals surface area (Å²) in [7, 11) is 0. The normalized spacial score (nSPS) is 15.2. The van der Waals surface area contributed by atoms with E-state index in [1.807, 2.05) is 39.0 Å². The summed E-state index contributed by atoms with van der Waals surface area (Å²) < 4.78 is 5.42. The zero-order valence-corrected chi connectivity index (χ0v) is 11.2. The first-order chi connectivity index (χ1) is 8.38. The molecule has 1 heterocycles. The van der Waals surface area contributed by atoms with Crippen molar-refractivity contribution in [1.29, 1.82) is 0 Å². The van der Waals surface area contributed by atoms with Crippen LogP contribution in [0.25, 0.3) is 0 Å². The molecule has 0 fully saturated rings. The van der Waals surface area contributed by atoms with Crippen molar-refractivity contribution in [2.75, 3.05) is 17.2 Å². The molecule has 1 amide bonds. The second-order valence-electron chi connectivity index (χ2n) is 5.59. The summed E-state index contributed by atoms with van der Waals surface area (Å²) in [6.07, 6.45) is 1.58. The van der Waals surface area contributed by atoms with Crippen LogP contribution >= 0.6 is 0 Å². The summed E-state index contributed by atoms with van der Waals surface area (Å²) in [4.78, 5) is 13.8. The van der Waals surface area contributed by atoms with E-state index in [4.69, 9.17) is 10.5 Å². The van der Waals surface area contributed by atoms with Gasteiger partial charge in [-0.05, 0) is 45.2 Å². The maximum atomic E-state index is 12.2. The summed E-state index contributed by atoms with van der Waals surface area (Å²) in [6, 6.07) is 5.76. The van der Waals surface area contributed by atoms with Crippen molar-refractivity contribution in [2.45, 2.75) is 39.2 Å². The molecule has 4 heteroatoms. The Balaban J connectivity index is 2.30. The molecule has 98 valence electrons. The highest BCUT2D eigenvalue weighted by Crippen LogP contribution is 2.33. The highest BCUT2D eigenvalue weighted by molar-refractivity contribution is 5.93. The van der Waals surface area contributed by atoms with Gasteiger partial charge in [-0.25, -0.2) is 4.79 Å². The number of carbonyl (C=O) groups excluding carboxylic acids is 1. The van der Waals surface area contributed by atoms with E-state index in [2.05, 4.69) is 0 Å². The topological polar surface area (TPSA) is 55.6 Å². The molecule has 1 aromatic carbocycles. The third-order valence-electron chi connectivity index (χ3n) is 2.86. The number of ether oxygens (including phenoxy) is 1. The molecule has 0 bridgehead atoms. The molecule has 2 rings (SSSR count). The summed E-state index contributed by atoms with van der Waals surface area (Å²) in [6.45, 7) is 6.26. The Labute approximate surface area is 108 Å². The number of anilines is 2. The van der Waals surface area contributed by atoms with Gasteiger partial charge in [0, 0.05) is 6.54 Å². The van der Waals surface area contributed by atoms with E-state index in [0.717, 1.165) is 24.1 Å². The predicted octanol–water partition coefficient (Wildman–Crippen LogP) is 2.96. The molecular weight excluding hydrogens is 228 g/mol. The minimum atomic E-state index is -0.488. The number of hydrogen-bond acceptors (Lipinski definition) is 3. The molecule has 1 aliphatic rings. The van der Waals surface area contributed by atoms with E-state index < -0.39 is 5.60 Å². The van der Waals surface area contributed by atoms with E-state index in [0.29, 0.717) is 12.2 Å². The lowest BCUT2D eigenvalue weighted by molar-refractivity contribution is 0.0578. The van der Waals surface area contributed by atoms with E-state index >= 15 is 0 Å². The predicted molar refractivity (Wildman–Crippen MR) is 72.8 cm³/mol. The summed E-state index contributed by atoms with van der Waals surface area (Å²) in [5, 5.41) is 0. The zero-order chi connectivity index (χ0) is 13.3. The summed E-state index contributed by atoms with van der Waals surface area (Å²) >= 11 is 0. The Kier molecular flexibility index (Phi) is 3.20. The number of nitrogens with two attached hydrogens (primary N) is 1. The molecule has 1 aromatic rings. The average molecular weight is 248 g/mol. The number of rotatable bonds is 0. The van der Waals surface area contributed by atoms with Crippen LogP contribution in [0, 0.1) is 0 Å². The number of hydrogen-bond donors (Lipinski definition) is 1. The van der Waals surface area contributed by atoms with Crippen molar-refractivity contribution in [3.63, 3.8) is 0 Å². The largest absolute Gasteiger partial charge is 0.443 e. The fraction of sp³-hybridized carbons (Fsp3) is 0.500. The number of nitrogens with zero attached hydrogens (tertiary/aromatic N) is 1. The minimum absolute atomic E-state index is 0.318. The maximum absolute atomic E-state index is 12.2.